The molecule has 26 heavy (non-hydrogen) atoms. The Morgan fingerprint density at radius 2 is 1.65 bits per heavy atom. The van der Waals surface area contributed by atoms with Gasteiger partial charge in [-0.2, -0.15) is 4.31 Å². The van der Waals surface area contributed by atoms with Crippen LogP contribution in [0.5, 0.6) is 0 Å². The van der Waals surface area contributed by atoms with E-state index in [1.165, 1.54) is 0 Å². The number of likely N-dealkylation sites (N-methyl/N-ethyl adjacent to an activating group) is 1. The van der Waals surface area contributed by atoms with Crippen molar-refractivity contribution in [2.75, 3.05) is 46.3 Å². The lowest BCUT2D eigenvalue weighted by Crippen LogP contribution is -2.47. The summed E-state index contributed by atoms with van der Waals surface area (Å²) in [5.41, 5.74) is 1.32. The molecule has 1 amide bonds. The highest BCUT2D eigenvalue weighted by atomic mass is 32.2. The molecule has 0 spiro atoms. The number of carbonyl (C=O) groups is 1. The third-order valence-electron chi connectivity index (χ3n) is 5.61. The second-order valence-electron chi connectivity index (χ2n) is 7.66. The molecule has 0 aromatic heterocycles. The number of benzene rings is 1. The molecule has 2 fully saturated rings. The van der Waals surface area contributed by atoms with Gasteiger partial charge >= 0.3 is 0 Å². The largest absolute Gasteiger partial charge is 0.336 e. The molecule has 144 valence electrons. The number of hydrogen-bond donors (Lipinski definition) is 0. The Kier molecular flexibility index (Phi) is 5.69. The van der Waals surface area contributed by atoms with Gasteiger partial charge in [-0.1, -0.05) is 13.0 Å². The third kappa shape index (κ3) is 3.94. The summed E-state index contributed by atoms with van der Waals surface area (Å²) in [6.45, 7) is 8.16. The summed E-state index contributed by atoms with van der Waals surface area (Å²) in [6, 6.07) is 4.95. The van der Waals surface area contributed by atoms with E-state index in [4.69, 9.17) is 0 Å². The summed E-state index contributed by atoms with van der Waals surface area (Å²) in [5, 5.41) is 0. The van der Waals surface area contributed by atoms with E-state index in [1.807, 2.05) is 18.9 Å². The Hall–Kier alpha value is -1.44. The second kappa shape index (κ2) is 7.66. The summed E-state index contributed by atoms with van der Waals surface area (Å²) in [5.74, 6) is 0.494. The average molecular weight is 380 g/mol. The van der Waals surface area contributed by atoms with Crippen molar-refractivity contribution >= 4 is 15.9 Å². The lowest BCUT2D eigenvalue weighted by atomic mass is 10.0. The molecular formula is C19H29N3O3S. The van der Waals surface area contributed by atoms with Gasteiger partial charge in [0.1, 0.15) is 0 Å². The summed E-state index contributed by atoms with van der Waals surface area (Å²) in [4.78, 5) is 17.2. The van der Waals surface area contributed by atoms with E-state index in [2.05, 4.69) is 11.8 Å². The summed E-state index contributed by atoms with van der Waals surface area (Å²) in [7, 11) is -1.50. The molecule has 3 rings (SSSR count). The van der Waals surface area contributed by atoms with Crippen molar-refractivity contribution in [1.82, 2.24) is 14.1 Å². The van der Waals surface area contributed by atoms with Gasteiger partial charge in [-0.15, -0.1) is 0 Å². The van der Waals surface area contributed by atoms with E-state index in [0.29, 0.717) is 37.7 Å². The van der Waals surface area contributed by atoms with Crippen molar-refractivity contribution in [1.29, 1.82) is 0 Å². The minimum absolute atomic E-state index is 0.0695. The van der Waals surface area contributed by atoms with E-state index in [9.17, 15) is 13.2 Å². The number of rotatable bonds is 3. The van der Waals surface area contributed by atoms with Crippen molar-refractivity contribution in [2.45, 2.75) is 31.6 Å². The van der Waals surface area contributed by atoms with Crippen LogP contribution in [0.2, 0.25) is 0 Å². The number of carbonyl (C=O) groups excluding carboxylic acids is 1. The highest BCUT2D eigenvalue weighted by molar-refractivity contribution is 7.89. The van der Waals surface area contributed by atoms with Gasteiger partial charge in [0.25, 0.3) is 5.91 Å². The minimum atomic E-state index is -3.54. The maximum absolute atomic E-state index is 13.0. The molecular weight excluding hydrogens is 350 g/mol. The first kappa shape index (κ1) is 19.3. The second-order valence-corrected chi connectivity index (χ2v) is 9.60. The predicted octanol–water partition coefficient (Wildman–Crippen LogP) is 1.80. The Labute approximate surface area is 156 Å². The van der Waals surface area contributed by atoms with Crippen LogP contribution in [0, 0.1) is 12.8 Å². The standard InChI is InChI=1S/C19H29N3O3S/c1-15-6-8-22(9-7-15)26(24,25)17-5-4-16(2)18(14-17)19(23)21-12-10-20(3)11-13-21/h4-5,14-15H,6-13H2,1-3H3. The topological polar surface area (TPSA) is 60.9 Å². The fraction of sp³-hybridized carbons (Fsp3) is 0.632. The summed E-state index contributed by atoms with van der Waals surface area (Å²) < 4.78 is 27.5. The van der Waals surface area contributed by atoms with Crippen LogP contribution < -0.4 is 0 Å². The summed E-state index contributed by atoms with van der Waals surface area (Å²) in [6.07, 6.45) is 1.77. The number of piperazine rings is 1. The van der Waals surface area contributed by atoms with E-state index in [1.54, 1.807) is 22.5 Å². The lowest BCUT2D eigenvalue weighted by molar-refractivity contribution is 0.0663. The predicted molar refractivity (Wildman–Crippen MR) is 102 cm³/mol. The molecule has 1 aromatic rings. The highest BCUT2D eigenvalue weighted by Crippen LogP contribution is 2.25. The van der Waals surface area contributed by atoms with Crippen LogP contribution >= 0.6 is 0 Å². The zero-order valence-electron chi connectivity index (χ0n) is 15.9. The van der Waals surface area contributed by atoms with Gasteiger partial charge in [0, 0.05) is 44.8 Å². The number of hydrogen-bond acceptors (Lipinski definition) is 4. The Morgan fingerprint density at radius 3 is 2.27 bits per heavy atom. The van der Waals surface area contributed by atoms with Gasteiger partial charge in [0.2, 0.25) is 10.0 Å². The zero-order chi connectivity index (χ0) is 18.9. The van der Waals surface area contributed by atoms with Gasteiger partial charge in [-0.25, -0.2) is 8.42 Å². The maximum atomic E-state index is 13.0. The Morgan fingerprint density at radius 1 is 1.04 bits per heavy atom. The van der Waals surface area contributed by atoms with E-state index < -0.39 is 10.0 Å². The van der Waals surface area contributed by atoms with E-state index in [-0.39, 0.29) is 10.8 Å². The van der Waals surface area contributed by atoms with Gasteiger partial charge < -0.3 is 9.80 Å². The van der Waals surface area contributed by atoms with Gasteiger partial charge in [-0.05, 0) is 50.4 Å². The van der Waals surface area contributed by atoms with Crippen molar-refractivity contribution < 1.29 is 13.2 Å². The highest BCUT2D eigenvalue weighted by Gasteiger charge is 2.29. The van der Waals surface area contributed by atoms with Gasteiger partial charge in [0.15, 0.2) is 0 Å². The van der Waals surface area contributed by atoms with Crippen LogP contribution in [0.1, 0.15) is 35.7 Å². The zero-order valence-corrected chi connectivity index (χ0v) is 16.8. The van der Waals surface area contributed by atoms with Crippen LogP contribution in [0.15, 0.2) is 23.1 Å². The number of aryl methyl sites for hydroxylation is 1. The van der Waals surface area contributed by atoms with Crippen LogP contribution in [0.3, 0.4) is 0 Å². The van der Waals surface area contributed by atoms with Crippen LogP contribution in [0.25, 0.3) is 0 Å². The van der Waals surface area contributed by atoms with Crippen molar-refractivity contribution in [2.24, 2.45) is 5.92 Å². The quantitative estimate of drug-likeness (QED) is 0.804. The first-order valence-electron chi connectivity index (χ1n) is 9.37. The Bertz CT molecular complexity index is 762. The Balaban J connectivity index is 1.84. The maximum Gasteiger partial charge on any atom is 0.254 e. The van der Waals surface area contributed by atoms with Crippen molar-refractivity contribution in [3.63, 3.8) is 0 Å². The molecule has 0 bridgehead atoms. The molecule has 0 N–H and O–H groups in total. The number of amides is 1. The monoisotopic (exact) mass is 379 g/mol. The number of sulfonamides is 1. The van der Waals surface area contributed by atoms with Crippen molar-refractivity contribution in [3.8, 4) is 0 Å². The molecule has 7 heteroatoms. The SMILES string of the molecule is Cc1ccc(S(=O)(=O)N2CCC(C)CC2)cc1C(=O)N1CCN(C)CC1. The van der Waals surface area contributed by atoms with Crippen LogP contribution in [0.4, 0.5) is 0 Å². The van der Waals surface area contributed by atoms with Crippen molar-refractivity contribution in [3.05, 3.63) is 29.3 Å². The molecule has 0 unspecified atom stereocenters. The van der Waals surface area contributed by atoms with E-state index in [0.717, 1.165) is 31.5 Å². The van der Waals surface area contributed by atoms with Crippen LogP contribution in [-0.4, -0.2) is 74.7 Å². The summed E-state index contributed by atoms with van der Waals surface area (Å²) >= 11 is 0. The molecule has 2 heterocycles. The van der Waals surface area contributed by atoms with E-state index >= 15 is 0 Å². The number of nitrogens with zero attached hydrogens (tertiary/aromatic N) is 3. The molecule has 2 saturated heterocycles. The average Bonchev–Trinajstić information content (AvgIpc) is 2.62. The smallest absolute Gasteiger partial charge is 0.254 e. The molecule has 0 aliphatic carbocycles. The molecule has 0 radical (unpaired) electrons. The molecule has 0 atom stereocenters. The molecule has 0 saturated carbocycles. The van der Waals surface area contributed by atoms with Gasteiger partial charge in [0.05, 0.1) is 4.90 Å². The molecule has 2 aliphatic heterocycles. The minimum Gasteiger partial charge on any atom is -0.336 e. The first-order valence-corrected chi connectivity index (χ1v) is 10.8. The third-order valence-corrected chi connectivity index (χ3v) is 7.50. The number of piperidine rings is 1. The fourth-order valence-electron chi connectivity index (χ4n) is 3.55. The molecule has 1 aromatic carbocycles. The van der Waals surface area contributed by atoms with Gasteiger partial charge in [-0.3, -0.25) is 4.79 Å². The van der Waals surface area contributed by atoms with Crippen LogP contribution in [-0.2, 0) is 10.0 Å². The fourth-order valence-corrected chi connectivity index (χ4v) is 5.04. The normalized spacial score (nSPS) is 21.1. The first-order chi connectivity index (χ1) is 12.3. The molecule has 6 nitrogen and oxygen atoms in total. The molecule has 2 aliphatic rings. The lowest BCUT2D eigenvalue weighted by Gasteiger charge is -2.33.